The van der Waals surface area contributed by atoms with Gasteiger partial charge in [0, 0.05) is 16.9 Å². The van der Waals surface area contributed by atoms with Crippen LogP contribution in [0.4, 0.5) is 4.79 Å². The van der Waals surface area contributed by atoms with Crippen molar-refractivity contribution in [3.8, 4) is 11.5 Å². The zero-order valence-corrected chi connectivity index (χ0v) is 20.2. The smallest absolute Gasteiger partial charge is 0.490 e. The van der Waals surface area contributed by atoms with E-state index in [-0.39, 0.29) is 12.5 Å². The molecule has 0 bridgehead atoms. The number of piperidine rings is 1. The topological polar surface area (TPSA) is 77.5 Å². The predicted molar refractivity (Wildman–Crippen MR) is 124 cm³/mol. The molecule has 0 aromatic heterocycles. The third-order valence-corrected chi connectivity index (χ3v) is 5.41. The van der Waals surface area contributed by atoms with Gasteiger partial charge in [-0.1, -0.05) is 28.1 Å². The molecule has 2 aromatic carbocycles. The highest BCUT2D eigenvalue weighted by Crippen LogP contribution is 2.30. The second kappa shape index (κ2) is 11.0. The summed E-state index contributed by atoms with van der Waals surface area (Å²) in [5.41, 5.74) is 0.399. The van der Waals surface area contributed by atoms with E-state index in [0.29, 0.717) is 26.2 Å². The van der Waals surface area contributed by atoms with Crippen molar-refractivity contribution in [2.45, 2.75) is 44.8 Å². The number of hydrogen-bond donors (Lipinski definition) is 1. The molecule has 0 spiro atoms. The summed E-state index contributed by atoms with van der Waals surface area (Å²) >= 11 is 3.39. The molecule has 0 radical (unpaired) electrons. The Balaban J connectivity index is 1.42. The zero-order valence-electron chi connectivity index (χ0n) is 18.6. The van der Waals surface area contributed by atoms with Gasteiger partial charge in [-0.25, -0.2) is 4.79 Å². The molecule has 1 fully saturated rings. The molecule has 8 heteroatoms. The van der Waals surface area contributed by atoms with Crippen LogP contribution < -0.4 is 9.47 Å². The van der Waals surface area contributed by atoms with Crippen molar-refractivity contribution >= 4 is 22.1 Å². The summed E-state index contributed by atoms with van der Waals surface area (Å²) in [4.78, 5) is 17.0. The number of aliphatic hydroxyl groups excluding tert-OH is 1. The molecular weight excluding hydrogens is 478 g/mol. The lowest BCUT2D eigenvalue weighted by Gasteiger charge is -2.34. The van der Waals surface area contributed by atoms with Crippen LogP contribution in [0, 0.1) is 0 Å². The first-order chi connectivity index (χ1) is 15.2. The number of aliphatic hydroxyl groups is 1. The number of rotatable bonds is 7. The van der Waals surface area contributed by atoms with E-state index in [1.165, 1.54) is 5.06 Å². The van der Waals surface area contributed by atoms with Crippen molar-refractivity contribution in [2.75, 3.05) is 26.3 Å². The maximum absolute atomic E-state index is 11.8. The number of carbonyl (C=O) groups excluding carboxylic acids is 1. The van der Waals surface area contributed by atoms with Crippen LogP contribution in [0.25, 0.3) is 0 Å². The Morgan fingerprint density at radius 1 is 1.03 bits per heavy atom. The average molecular weight is 508 g/mol. The number of benzene rings is 2. The minimum Gasteiger partial charge on any atom is -0.490 e. The van der Waals surface area contributed by atoms with Crippen LogP contribution in [0.5, 0.6) is 11.5 Å². The minimum atomic E-state index is -0.756. The standard InChI is InChI=1S/C24H30BrNO6/c1-24(2,3)31-23(28)32-26-13-12-21(22(27)16-26)17-4-8-19(9-5-17)29-14-15-30-20-10-6-18(25)7-11-20/h4-11,21-22,27H,12-16H2,1-3H3. The maximum Gasteiger partial charge on any atom is 0.528 e. The summed E-state index contributed by atoms with van der Waals surface area (Å²) in [5.74, 6) is 1.50. The molecule has 32 heavy (non-hydrogen) atoms. The molecule has 1 aliphatic rings. The fraction of sp³-hybridized carbons (Fsp3) is 0.458. The van der Waals surface area contributed by atoms with E-state index in [2.05, 4.69) is 15.9 Å². The molecule has 1 heterocycles. The number of hydrogen-bond acceptors (Lipinski definition) is 7. The van der Waals surface area contributed by atoms with Gasteiger partial charge in [-0.15, -0.1) is 5.06 Å². The second-order valence-electron chi connectivity index (χ2n) is 8.63. The van der Waals surface area contributed by atoms with E-state index < -0.39 is 17.9 Å². The Morgan fingerprint density at radius 3 is 2.12 bits per heavy atom. The number of β-amino-alcohol motifs (C(OH)–C–C–N with tert-alkyl or cyclic N) is 1. The number of nitrogens with zero attached hydrogens (tertiary/aromatic N) is 1. The van der Waals surface area contributed by atoms with Crippen molar-refractivity contribution in [1.29, 1.82) is 0 Å². The van der Waals surface area contributed by atoms with Crippen molar-refractivity contribution in [3.63, 3.8) is 0 Å². The summed E-state index contributed by atoms with van der Waals surface area (Å²) in [7, 11) is 0. The summed E-state index contributed by atoms with van der Waals surface area (Å²) < 4.78 is 17.6. The molecule has 3 rings (SSSR count). The lowest BCUT2D eigenvalue weighted by Crippen LogP contribution is -2.44. The molecular formula is C24H30BrNO6. The normalized spacial score (nSPS) is 19.3. The summed E-state index contributed by atoms with van der Waals surface area (Å²) in [6.07, 6.45) is -0.753. The van der Waals surface area contributed by atoms with Crippen molar-refractivity contribution in [3.05, 3.63) is 58.6 Å². The fourth-order valence-corrected chi connectivity index (χ4v) is 3.67. The molecule has 0 amide bonds. The van der Waals surface area contributed by atoms with Crippen molar-refractivity contribution < 1.29 is 28.9 Å². The minimum absolute atomic E-state index is 0.0386. The summed E-state index contributed by atoms with van der Waals surface area (Å²) in [5, 5.41) is 12.0. The molecule has 1 saturated heterocycles. The lowest BCUT2D eigenvalue weighted by atomic mass is 9.88. The highest BCUT2D eigenvalue weighted by Gasteiger charge is 2.32. The van der Waals surface area contributed by atoms with E-state index in [1.807, 2.05) is 48.5 Å². The molecule has 0 saturated carbocycles. The first-order valence-corrected chi connectivity index (χ1v) is 11.4. The third-order valence-electron chi connectivity index (χ3n) is 4.88. The Kier molecular flexibility index (Phi) is 8.39. The van der Waals surface area contributed by atoms with Crippen LogP contribution in [-0.2, 0) is 9.57 Å². The van der Waals surface area contributed by atoms with Gasteiger partial charge in [-0.05, 0) is 69.2 Å². The predicted octanol–water partition coefficient (Wildman–Crippen LogP) is 4.92. The van der Waals surface area contributed by atoms with E-state index in [9.17, 15) is 9.90 Å². The Morgan fingerprint density at radius 2 is 1.59 bits per heavy atom. The van der Waals surface area contributed by atoms with Gasteiger partial charge in [0.2, 0.25) is 0 Å². The molecule has 7 nitrogen and oxygen atoms in total. The molecule has 2 unspecified atom stereocenters. The first-order valence-electron chi connectivity index (χ1n) is 10.6. The van der Waals surface area contributed by atoms with Crippen LogP contribution >= 0.6 is 15.9 Å². The zero-order chi connectivity index (χ0) is 23.1. The molecule has 2 aromatic rings. The number of ether oxygens (including phenoxy) is 3. The number of carbonyl (C=O) groups is 1. The first kappa shape index (κ1) is 24.4. The van der Waals surface area contributed by atoms with Crippen LogP contribution in [0.3, 0.4) is 0 Å². The van der Waals surface area contributed by atoms with Gasteiger partial charge in [0.15, 0.2) is 0 Å². The monoisotopic (exact) mass is 507 g/mol. The van der Waals surface area contributed by atoms with Crippen LogP contribution in [0.1, 0.15) is 38.7 Å². The Bertz CT molecular complexity index is 866. The average Bonchev–Trinajstić information content (AvgIpc) is 2.72. The number of halogens is 1. The highest BCUT2D eigenvalue weighted by atomic mass is 79.9. The van der Waals surface area contributed by atoms with Crippen molar-refractivity contribution in [1.82, 2.24) is 5.06 Å². The summed E-state index contributed by atoms with van der Waals surface area (Å²) in [6.45, 7) is 6.95. The molecule has 1 N–H and O–H groups in total. The SMILES string of the molecule is CC(C)(C)OC(=O)ON1CCC(c2ccc(OCCOc3ccc(Br)cc3)cc2)C(O)C1. The van der Waals surface area contributed by atoms with Gasteiger partial charge in [0.1, 0.15) is 30.3 Å². The third kappa shape index (κ3) is 7.69. The highest BCUT2D eigenvalue weighted by molar-refractivity contribution is 9.10. The van der Waals surface area contributed by atoms with Gasteiger partial charge < -0.3 is 24.2 Å². The summed E-state index contributed by atoms with van der Waals surface area (Å²) in [6, 6.07) is 15.4. The Labute approximate surface area is 197 Å². The lowest BCUT2D eigenvalue weighted by molar-refractivity contribution is -0.170. The maximum atomic E-state index is 11.8. The second-order valence-corrected chi connectivity index (χ2v) is 9.54. The van der Waals surface area contributed by atoms with Gasteiger partial charge in [0.05, 0.1) is 12.6 Å². The molecule has 2 atom stereocenters. The van der Waals surface area contributed by atoms with E-state index in [4.69, 9.17) is 19.0 Å². The van der Waals surface area contributed by atoms with E-state index >= 15 is 0 Å². The van der Waals surface area contributed by atoms with Gasteiger partial charge in [-0.3, -0.25) is 0 Å². The Hall–Kier alpha value is -2.29. The van der Waals surface area contributed by atoms with E-state index in [0.717, 1.165) is 21.5 Å². The van der Waals surface area contributed by atoms with E-state index in [1.54, 1.807) is 20.8 Å². The molecule has 1 aliphatic heterocycles. The molecule has 0 aliphatic carbocycles. The van der Waals surface area contributed by atoms with Crippen molar-refractivity contribution in [2.24, 2.45) is 0 Å². The largest absolute Gasteiger partial charge is 0.528 e. The van der Waals surface area contributed by atoms with Crippen LogP contribution in [0.15, 0.2) is 53.0 Å². The van der Waals surface area contributed by atoms with Crippen LogP contribution in [0.2, 0.25) is 0 Å². The van der Waals surface area contributed by atoms with Crippen LogP contribution in [-0.4, -0.2) is 54.3 Å². The van der Waals surface area contributed by atoms with Gasteiger partial charge in [0.25, 0.3) is 0 Å². The number of hydroxylamine groups is 2. The quantitative estimate of drug-likeness (QED) is 0.420. The molecule has 174 valence electrons. The van der Waals surface area contributed by atoms with Gasteiger partial charge in [-0.2, -0.15) is 0 Å². The van der Waals surface area contributed by atoms with Gasteiger partial charge >= 0.3 is 6.16 Å². The fourth-order valence-electron chi connectivity index (χ4n) is 3.41.